The van der Waals surface area contributed by atoms with E-state index in [0.29, 0.717) is 6.04 Å². The fourth-order valence-corrected chi connectivity index (χ4v) is 2.88. The maximum Gasteiger partial charge on any atom is 0.0361 e. The van der Waals surface area contributed by atoms with Crippen molar-refractivity contribution in [1.29, 1.82) is 0 Å². The number of rotatable bonds is 3. The van der Waals surface area contributed by atoms with Crippen molar-refractivity contribution in [2.24, 2.45) is 18.9 Å². The third-order valence-corrected chi connectivity index (χ3v) is 4.03. The molecule has 1 aromatic heterocycles. The normalized spacial score (nSPS) is 30.6. The number of aromatic nitrogens is 1. The minimum absolute atomic E-state index is 0.714. The van der Waals surface area contributed by atoms with Gasteiger partial charge in [-0.3, -0.25) is 0 Å². The first-order chi connectivity index (χ1) is 7.66. The molecule has 1 aliphatic carbocycles. The zero-order valence-corrected chi connectivity index (χ0v) is 10.7. The maximum atomic E-state index is 3.71. The van der Waals surface area contributed by atoms with Gasteiger partial charge in [0, 0.05) is 31.5 Å². The molecule has 0 radical (unpaired) electrons. The second-order valence-corrected chi connectivity index (χ2v) is 5.49. The molecule has 1 aliphatic rings. The lowest BCUT2D eigenvalue weighted by molar-refractivity contribution is 0.226. The molecule has 2 heteroatoms. The van der Waals surface area contributed by atoms with Gasteiger partial charge in [-0.05, 0) is 43.2 Å². The van der Waals surface area contributed by atoms with E-state index in [4.69, 9.17) is 0 Å². The summed E-state index contributed by atoms with van der Waals surface area (Å²) >= 11 is 0. The molecule has 2 rings (SSSR count). The highest BCUT2D eigenvalue weighted by Gasteiger charge is 2.24. The third-order valence-electron chi connectivity index (χ3n) is 4.03. The average molecular weight is 220 g/mol. The summed E-state index contributed by atoms with van der Waals surface area (Å²) in [6.45, 7) is 5.77. The summed E-state index contributed by atoms with van der Waals surface area (Å²) in [6.07, 6.45) is 6.22. The van der Waals surface area contributed by atoms with E-state index in [9.17, 15) is 0 Å². The molecule has 0 aliphatic heterocycles. The molecular formula is C14H24N2. The molecule has 3 unspecified atom stereocenters. The summed E-state index contributed by atoms with van der Waals surface area (Å²) in [5, 5.41) is 3.71. The van der Waals surface area contributed by atoms with Gasteiger partial charge in [0.25, 0.3) is 0 Å². The monoisotopic (exact) mass is 220 g/mol. The van der Waals surface area contributed by atoms with Gasteiger partial charge in [0.05, 0.1) is 0 Å². The van der Waals surface area contributed by atoms with Gasteiger partial charge >= 0.3 is 0 Å². The van der Waals surface area contributed by atoms with Crippen LogP contribution in [0.15, 0.2) is 18.3 Å². The van der Waals surface area contributed by atoms with Crippen molar-refractivity contribution >= 4 is 0 Å². The standard InChI is InChI=1S/C14H24N2/c1-11-6-7-14(12(2)9-11)15-10-13-5-4-8-16(13)3/h4-5,8,11-12,14-15H,6-7,9-10H2,1-3H3. The molecule has 3 atom stereocenters. The lowest BCUT2D eigenvalue weighted by atomic mass is 9.80. The first-order valence-electron chi connectivity index (χ1n) is 6.50. The van der Waals surface area contributed by atoms with Crippen molar-refractivity contribution in [3.05, 3.63) is 24.0 Å². The van der Waals surface area contributed by atoms with E-state index in [2.05, 4.69) is 49.1 Å². The third kappa shape index (κ3) is 2.67. The van der Waals surface area contributed by atoms with E-state index in [1.54, 1.807) is 0 Å². The summed E-state index contributed by atoms with van der Waals surface area (Å²) in [7, 11) is 2.11. The summed E-state index contributed by atoms with van der Waals surface area (Å²) < 4.78 is 2.20. The summed E-state index contributed by atoms with van der Waals surface area (Å²) in [4.78, 5) is 0. The van der Waals surface area contributed by atoms with E-state index in [0.717, 1.165) is 18.4 Å². The lowest BCUT2D eigenvalue weighted by Gasteiger charge is -2.33. The van der Waals surface area contributed by atoms with Crippen molar-refractivity contribution < 1.29 is 0 Å². The van der Waals surface area contributed by atoms with Crippen LogP contribution in [0, 0.1) is 11.8 Å². The zero-order valence-electron chi connectivity index (χ0n) is 10.7. The molecule has 1 heterocycles. The molecule has 90 valence electrons. The van der Waals surface area contributed by atoms with Crippen molar-refractivity contribution in [2.75, 3.05) is 0 Å². The van der Waals surface area contributed by atoms with E-state index in [-0.39, 0.29) is 0 Å². The highest BCUT2D eigenvalue weighted by atomic mass is 15.0. The Morgan fingerprint density at radius 3 is 2.81 bits per heavy atom. The van der Waals surface area contributed by atoms with Crippen LogP contribution in [-0.4, -0.2) is 10.6 Å². The quantitative estimate of drug-likeness (QED) is 0.828. The molecule has 1 N–H and O–H groups in total. The number of aryl methyl sites for hydroxylation is 1. The Labute approximate surface area is 99.0 Å². The molecule has 0 saturated heterocycles. The molecule has 0 amide bonds. The lowest BCUT2D eigenvalue weighted by Crippen LogP contribution is -2.38. The second-order valence-electron chi connectivity index (χ2n) is 5.49. The number of hydrogen-bond acceptors (Lipinski definition) is 1. The van der Waals surface area contributed by atoms with E-state index >= 15 is 0 Å². The van der Waals surface area contributed by atoms with Crippen LogP contribution in [0.5, 0.6) is 0 Å². The molecular weight excluding hydrogens is 196 g/mol. The Morgan fingerprint density at radius 2 is 2.19 bits per heavy atom. The van der Waals surface area contributed by atoms with Gasteiger partial charge in [-0.1, -0.05) is 13.8 Å². The van der Waals surface area contributed by atoms with Crippen molar-refractivity contribution in [1.82, 2.24) is 9.88 Å². The number of nitrogens with one attached hydrogen (secondary N) is 1. The van der Waals surface area contributed by atoms with Crippen LogP contribution in [0.2, 0.25) is 0 Å². The fourth-order valence-electron chi connectivity index (χ4n) is 2.88. The highest BCUT2D eigenvalue weighted by molar-refractivity contribution is 5.06. The second kappa shape index (κ2) is 5.05. The first-order valence-corrected chi connectivity index (χ1v) is 6.50. The van der Waals surface area contributed by atoms with Gasteiger partial charge in [-0.2, -0.15) is 0 Å². The van der Waals surface area contributed by atoms with E-state index in [1.165, 1.54) is 25.0 Å². The van der Waals surface area contributed by atoms with Gasteiger partial charge in [0.1, 0.15) is 0 Å². The van der Waals surface area contributed by atoms with Gasteiger partial charge in [-0.15, -0.1) is 0 Å². The van der Waals surface area contributed by atoms with Gasteiger partial charge < -0.3 is 9.88 Å². The van der Waals surface area contributed by atoms with Crippen molar-refractivity contribution in [3.63, 3.8) is 0 Å². The first kappa shape index (κ1) is 11.7. The van der Waals surface area contributed by atoms with Crippen LogP contribution in [0.25, 0.3) is 0 Å². The maximum absolute atomic E-state index is 3.71. The van der Waals surface area contributed by atoms with E-state index < -0.39 is 0 Å². The van der Waals surface area contributed by atoms with Crippen LogP contribution < -0.4 is 5.32 Å². The Balaban J connectivity index is 1.84. The van der Waals surface area contributed by atoms with Crippen LogP contribution in [0.1, 0.15) is 38.8 Å². The van der Waals surface area contributed by atoms with Crippen molar-refractivity contribution in [2.45, 2.75) is 45.7 Å². The highest BCUT2D eigenvalue weighted by Crippen LogP contribution is 2.28. The van der Waals surface area contributed by atoms with Crippen LogP contribution in [0.3, 0.4) is 0 Å². The Hall–Kier alpha value is -0.760. The number of nitrogens with zero attached hydrogens (tertiary/aromatic N) is 1. The molecule has 0 spiro atoms. The topological polar surface area (TPSA) is 17.0 Å². The predicted octanol–water partition coefficient (Wildman–Crippen LogP) is 2.94. The summed E-state index contributed by atoms with van der Waals surface area (Å²) in [5.41, 5.74) is 1.38. The largest absolute Gasteiger partial charge is 0.353 e. The smallest absolute Gasteiger partial charge is 0.0361 e. The Morgan fingerprint density at radius 1 is 1.38 bits per heavy atom. The molecule has 0 bridgehead atoms. The molecule has 0 aromatic carbocycles. The minimum Gasteiger partial charge on any atom is -0.353 e. The molecule has 1 saturated carbocycles. The summed E-state index contributed by atoms with van der Waals surface area (Å²) in [5.74, 6) is 1.74. The predicted molar refractivity (Wildman–Crippen MR) is 68.2 cm³/mol. The van der Waals surface area contributed by atoms with Crippen LogP contribution in [-0.2, 0) is 13.6 Å². The molecule has 2 nitrogen and oxygen atoms in total. The van der Waals surface area contributed by atoms with Gasteiger partial charge in [0.15, 0.2) is 0 Å². The van der Waals surface area contributed by atoms with Crippen LogP contribution >= 0.6 is 0 Å². The minimum atomic E-state index is 0.714. The van der Waals surface area contributed by atoms with Gasteiger partial charge in [-0.25, -0.2) is 0 Å². The Kier molecular flexibility index (Phi) is 3.70. The average Bonchev–Trinajstić information content (AvgIpc) is 2.63. The van der Waals surface area contributed by atoms with Crippen LogP contribution in [0.4, 0.5) is 0 Å². The SMILES string of the molecule is CC1CCC(NCc2cccn2C)C(C)C1. The van der Waals surface area contributed by atoms with Gasteiger partial charge in [0.2, 0.25) is 0 Å². The number of hydrogen-bond donors (Lipinski definition) is 1. The van der Waals surface area contributed by atoms with Crippen molar-refractivity contribution in [3.8, 4) is 0 Å². The molecule has 16 heavy (non-hydrogen) atoms. The van der Waals surface area contributed by atoms with E-state index in [1.807, 2.05) is 0 Å². The zero-order chi connectivity index (χ0) is 11.5. The molecule has 1 fully saturated rings. The fraction of sp³-hybridized carbons (Fsp3) is 0.714. The molecule has 1 aromatic rings. The Bertz CT molecular complexity index is 329. The summed E-state index contributed by atoms with van der Waals surface area (Å²) in [6, 6.07) is 5.03.